The molecule has 2 aliphatic heterocycles. The summed E-state index contributed by atoms with van der Waals surface area (Å²) >= 11 is 0. The first-order valence-electron chi connectivity index (χ1n) is 7.18. The van der Waals surface area contributed by atoms with Gasteiger partial charge in [0.05, 0.1) is 6.04 Å². The summed E-state index contributed by atoms with van der Waals surface area (Å²) in [4.78, 5) is 17.0. The van der Waals surface area contributed by atoms with E-state index in [2.05, 4.69) is 4.90 Å². The van der Waals surface area contributed by atoms with Crippen molar-refractivity contribution in [2.45, 2.75) is 52.1 Å². The Morgan fingerprint density at radius 2 is 1.89 bits per heavy atom. The summed E-state index contributed by atoms with van der Waals surface area (Å²) in [7, 11) is 0. The van der Waals surface area contributed by atoms with Crippen LogP contribution in [0.3, 0.4) is 0 Å². The van der Waals surface area contributed by atoms with Gasteiger partial charge in [-0.05, 0) is 31.2 Å². The average Bonchev–Trinajstić information content (AvgIpc) is 2.63. The van der Waals surface area contributed by atoms with E-state index in [9.17, 15) is 4.79 Å². The van der Waals surface area contributed by atoms with Crippen molar-refractivity contribution in [2.24, 2.45) is 11.1 Å². The summed E-state index contributed by atoms with van der Waals surface area (Å²) in [5, 5.41) is 0. The molecule has 0 bridgehead atoms. The number of nitrogens with zero attached hydrogens (tertiary/aromatic N) is 2. The van der Waals surface area contributed by atoms with Crippen LogP contribution in [0, 0.1) is 5.41 Å². The highest BCUT2D eigenvalue weighted by Crippen LogP contribution is 2.24. The van der Waals surface area contributed by atoms with Crippen molar-refractivity contribution in [3.63, 3.8) is 0 Å². The van der Waals surface area contributed by atoms with E-state index in [-0.39, 0.29) is 17.4 Å². The maximum Gasteiger partial charge on any atom is 0.240 e. The molecule has 2 aliphatic rings. The van der Waals surface area contributed by atoms with Gasteiger partial charge in [-0.25, -0.2) is 0 Å². The van der Waals surface area contributed by atoms with Crippen molar-refractivity contribution < 1.29 is 4.79 Å². The molecule has 0 radical (unpaired) electrons. The van der Waals surface area contributed by atoms with Gasteiger partial charge in [0, 0.05) is 25.7 Å². The molecule has 0 saturated carbocycles. The molecule has 2 fully saturated rings. The summed E-state index contributed by atoms with van der Waals surface area (Å²) in [6, 6.07) is 0.189. The number of carbonyl (C=O) groups excluding carboxylic acids is 1. The Morgan fingerprint density at radius 3 is 2.56 bits per heavy atom. The molecule has 18 heavy (non-hydrogen) atoms. The molecule has 2 saturated heterocycles. The first kappa shape index (κ1) is 13.8. The lowest BCUT2D eigenvalue weighted by Gasteiger charge is -2.32. The molecular formula is C14H27N3O. The van der Waals surface area contributed by atoms with Crippen molar-refractivity contribution >= 4 is 5.91 Å². The number of hydrogen-bond acceptors (Lipinski definition) is 3. The van der Waals surface area contributed by atoms with Crippen molar-refractivity contribution in [1.29, 1.82) is 0 Å². The predicted molar refractivity (Wildman–Crippen MR) is 73.2 cm³/mol. The van der Waals surface area contributed by atoms with Crippen LogP contribution in [0.2, 0.25) is 0 Å². The molecule has 2 rings (SSSR count). The molecule has 0 aromatic rings. The topological polar surface area (TPSA) is 49.6 Å². The standard InChI is InChI=1S/C14H27N3O/c1-14(2,3)12(15)13(18)17-9-5-8-16-7-4-6-11(16)10-17/h11-12H,4-10,15H2,1-3H3. The van der Waals surface area contributed by atoms with Crippen molar-refractivity contribution in [2.75, 3.05) is 26.2 Å². The van der Waals surface area contributed by atoms with Crippen LogP contribution in [0.1, 0.15) is 40.0 Å². The zero-order valence-corrected chi connectivity index (χ0v) is 12.0. The molecular weight excluding hydrogens is 226 g/mol. The van der Waals surface area contributed by atoms with E-state index in [1.807, 2.05) is 25.7 Å². The van der Waals surface area contributed by atoms with Crippen molar-refractivity contribution in [3.05, 3.63) is 0 Å². The largest absolute Gasteiger partial charge is 0.340 e. The zero-order valence-electron chi connectivity index (χ0n) is 12.0. The number of amides is 1. The lowest BCUT2D eigenvalue weighted by atomic mass is 9.86. The van der Waals surface area contributed by atoms with Gasteiger partial charge < -0.3 is 10.6 Å². The summed E-state index contributed by atoms with van der Waals surface area (Å²) < 4.78 is 0. The monoisotopic (exact) mass is 253 g/mol. The molecule has 2 unspecified atom stereocenters. The Morgan fingerprint density at radius 1 is 1.22 bits per heavy atom. The van der Waals surface area contributed by atoms with Gasteiger partial charge in [0.2, 0.25) is 5.91 Å². The van der Waals surface area contributed by atoms with E-state index in [1.165, 1.54) is 19.4 Å². The van der Waals surface area contributed by atoms with Gasteiger partial charge in [0.25, 0.3) is 0 Å². The zero-order chi connectivity index (χ0) is 13.3. The van der Waals surface area contributed by atoms with Gasteiger partial charge in [-0.3, -0.25) is 9.69 Å². The van der Waals surface area contributed by atoms with Crippen LogP contribution >= 0.6 is 0 Å². The Hall–Kier alpha value is -0.610. The molecule has 4 heteroatoms. The first-order valence-corrected chi connectivity index (χ1v) is 7.18. The molecule has 0 aliphatic carbocycles. The van der Waals surface area contributed by atoms with Crippen LogP contribution in [0.25, 0.3) is 0 Å². The van der Waals surface area contributed by atoms with Gasteiger partial charge in [-0.15, -0.1) is 0 Å². The third-order valence-corrected chi connectivity index (χ3v) is 4.31. The quantitative estimate of drug-likeness (QED) is 0.760. The number of hydrogen-bond donors (Lipinski definition) is 1. The Labute approximate surface area is 110 Å². The minimum atomic E-state index is -0.384. The Balaban J connectivity index is 2.02. The molecule has 2 N–H and O–H groups in total. The summed E-state index contributed by atoms with van der Waals surface area (Å²) in [5.41, 5.74) is 5.95. The van der Waals surface area contributed by atoms with Crippen LogP contribution in [0.15, 0.2) is 0 Å². The fourth-order valence-corrected chi connectivity index (χ4v) is 2.97. The Bertz CT molecular complexity index is 311. The van der Waals surface area contributed by atoms with E-state index in [1.54, 1.807) is 0 Å². The number of carbonyl (C=O) groups is 1. The van der Waals surface area contributed by atoms with E-state index >= 15 is 0 Å². The molecule has 2 atom stereocenters. The number of nitrogens with two attached hydrogens (primary N) is 1. The average molecular weight is 253 g/mol. The van der Waals surface area contributed by atoms with E-state index in [0.717, 1.165) is 26.1 Å². The molecule has 104 valence electrons. The van der Waals surface area contributed by atoms with Crippen LogP contribution in [-0.4, -0.2) is 54.0 Å². The van der Waals surface area contributed by atoms with Crippen LogP contribution in [0.5, 0.6) is 0 Å². The van der Waals surface area contributed by atoms with Gasteiger partial charge in [0.15, 0.2) is 0 Å². The highest BCUT2D eigenvalue weighted by Gasteiger charge is 2.35. The van der Waals surface area contributed by atoms with Gasteiger partial charge >= 0.3 is 0 Å². The van der Waals surface area contributed by atoms with Gasteiger partial charge in [-0.1, -0.05) is 20.8 Å². The number of fused-ring (bicyclic) bond motifs is 1. The summed E-state index contributed by atoms with van der Waals surface area (Å²) in [6.45, 7) is 10.2. The minimum Gasteiger partial charge on any atom is -0.340 e. The maximum absolute atomic E-state index is 12.5. The third kappa shape index (κ3) is 2.86. The van der Waals surface area contributed by atoms with E-state index in [0.29, 0.717) is 6.04 Å². The second-order valence-corrected chi connectivity index (χ2v) is 6.81. The highest BCUT2D eigenvalue weighted by molar-refractivity contribution is 5.82. The second-order valence-electron chi connectivity index (χ2n) is 6.81. The van der Waals surface area contributed by atoms with Crippen LogP contribution < -0.4 is 5.73 Å². The van der Waals surface area contributed by atoms with Crippen molar-refractivity contribution in [3.8, 4) is 0 Å². The van der Waals surface area contributed by atoms with Gasteiger partial charge in [-0.2, -0.15) is 0 Å². The molecule has 1 amide bonds. The SMILES string of the molecule is CC(C)(C)C(N)C(=O)N1CCCN2CCCC2C1. The molecule has 0 aromatic heterocycles. The Kier molecular flexibility index (Phi) is 3.97. The fraction of sp³-hybridized carbons (Fsp3) is 0.929. The van der Waals surface area contributed by atoms with Crippen molar-refractivity contribution in [1.82, 2.24) is 9.80 Å². The highest BCUT2D eigenvalue weighted by atomic mass is 16.2. The number of rotatable bonds is 1. The smallest absolute Gasteiger partial charge is 0.240 e. The first-order chi connectivity index (χ1) is 8.39. The summed E-state index contributed by atoms with van der Waals surface area (Å²) in [5.74, 6) is 0.135. The minimum absolute atomic E-state index is 0.135. The molecule has 4 nitrogen and oxygen atoms in total. The molecule has 2 heterocycles. The lowest BCUT2D eigenvalue weighted by molar-refractivity contribution is -0.135. The lowest BCUT2D eigenvalue weighted by Crippen LogP contribution is -2.52. The summed E-state index contributed by atoms with van der Waals surface area (Å²) in [6.07, 6.45) is 3.59. The second kappa shape index (κ2) is 5.17. The predicted octanol–water partition coefficient (Wildman–Crippen LogP) is 1.06. The fourth-order valence-electron chi connectivity index (χ4n) is 2.97. The normalized spacial score (nSPS) is 27.8. The van der Waals surface area contributed by atoms with E-state index < -0.39 is 0 Å². The van der Waals surface area contributed by atoms with Gasteiger partial charge in [0.1, 0.15) is 0 Å². The van der Waals surface area contributed by atoms with Crippen LogP contribution in [0.4, 0.5) is 0 Å². The third-order valence-electron chi connectivity index (χ3n) is 4.31. The molecule has 0 spiro atoms. The maximum atomic E-state index is 12.5. The van der Waals surface area contributed by atoms with Crippen LogP contribution in [-0.2, 0) is 4.79 Å². The molecule has 0 aromatic carbocycles. The van der Waals surface area contributed by atoms with E-state index in [4.69, 9.17) is 5.73 Å².